The predicted molar refractivity (Wildman–Crippen MR) is 52.4 cm³/mol. The topological polar surface area (TPSA) is 17.1 Å². The van der Waals surface area contributed by atoms with Crippen molar-refractivity contribution in [3.05, 3.63) is 35.6 Å². The summed E-state index contributed by atoms with van der Waals surface area (Å²) in [4.78, 5) is 11.6. The highest BCUT2D eigenvalue weighted by Gasteiger charge is 2.38. The maximum atomic E-state index is 12.8. The zero-order valence-corrected chi connectivity index (χ0v) is 8.16. The molecule has 0 aromatic heterocycles. The van der Waals surface area contributed by atoms with E-state index in [0.717, 1.165) is 12.0 Å². The number of rotatable bonds is 3. The molecule has 1 fully saturated rings. The smallest absolute Gasteiger partial charge is 0.140 e. The van der Waals surface area contributed by atoms with Crippen molar-refractivity contribution in [3.63, 3.8) is 0 Å². The lowest BCUT2D eigenvalue weighted by molar-refractivity contribution is -0.119. The van der Waals surface area contributed by atoms with E-state index in [1.807, 2.05) is 0 Å². The van der Waals surface area contributed by atoms with Gasteiger partial charge in [-0.2, -0.15) is 0 Å². The largest absolute Gasteiger partial charge is 0.299 e. The number of halogens is 1. The lowest BCUT2D eigenvalue weighted by atomic mass is 10.1. The van der Waals surface area contributed by atoms with Crippen molar-refractivity contribution in [1.82, 2.24) is 0 Å². The van der Waals surface area contributed by atoms with Crippen LogP contribution in [0.1, 0.15) is 18.9 Å². The van der Waals surface area contributed by atoms with Crippen LogP contribution < -0.4 is 0 Å². The molecular formula is C12H13FO. The summed E-state index contributed by atoms with van der Waals surface area (Å²) < 4.78 is 12.8. The molecule has 0 saturated heterocycles. The first-order chi connectivity index (χ1) is 6.66. The van der Waals surface area contributed by atoms with Crippen LogP contribution in [0.4, 0.5) is 4.39 Å². The zero-order chi connectivity index (χ0) is 10.1. The minimum Gasteiger partial charge on any atom is -0.299 e. The van der Waals surface area contributed by atoms with E-state index >= 15 is 0 Å². The number of carbonyl (C=O) groups excluding carboxylic acids is 1. The minimum atomic E-state index is -0.265. The van der Waals surface area contributed by atoms with Gasteiger partial charge in [0.2, 0.25) is 0 Å². The Morgan fingerprint density at radius 2 is 2.29 bits per heavy atom. The maximum Gasteiger partial charge on any atom is 0.140 e. The van der Waals surface area contributed by atoms with E-state index in [-0.39, 0.29) is 17.5 Å². The molecule has 1 saturated carbocycles. The molecule has 0 aliphatic heterocycles. The molecule has 2 heteroatoms. The average molecular weight is 192 g/mol. The molecule has 1 aromatic rings. The van der Waals surface area contributed by atoms with Gasteiger partial charge in [-0.1, -0.05) is 19.1 Å². The third kappa shape index (κ3) is 2.00. The molecule has 1 nitrogen and oxygen atoms in total. The van der Waals surface area contributed by atoms with E-state index in [1.165, 1.54) is 12.1 Å². The third-order valence-electron chi connectivity index (χ3n) is 2.79. The summed E-state index contributed by atoms with van der Waals surface area (Å²) in [5, 5.41) is 0. The summed E-state index contributed by atoms with van der Waals surface area (Å²) in [5.41, 5.74) is 0.786. The zero-order valence-electron chi connectivity index (χ0n) is 8.16. The van der Waals surface area contributed by atoms with Crippen LogP contribution in [0.25, 0.3) is 0 Å². The van der Waals surface area contributed by atoms with Crippen molar-refractivity contribution in [1.29, 1.82) is 0 Å². The highest BCUT2D eigenvalue weighted by atomic mass is 19.1. The van der Waals surface area contributed by atoms with Crippen LogP contribution in [0.5, 0.6) is 0 Å². The van der Waals surface area contributed by atoms with Gasteiger partial charge in [0.25, 0.3) is 0 Å². The van der Waals surface area contributed by atoms with Crippen molar-refractivity contribution in [3.8, 4) is 0 Å². The first-order valence-electron chi connectivity index (χ1n) is 4.94. The number of Topliss-reactive ketones (excluding diaryl/α,β-unsaturated/α-hetero) is 1. The lowest BCUT2D eigenvalue weighted by Crippen LogP contribution is -2.06. The summed E-state index contributed by atoms with van der Waals surface area (Å²) >= 11 is 0. The van der Waals surface area contributed by atoms with Crippen LogP contribution in [0, 0.1) is 17.7 Å². The molecular weight excluding hydrogens is 179 g/mol. The molecule has 0 bridgehead atoms. The summed E-state index contributed by atoms with van der Waals surface area (Å²) in [6.45, 7) is 2.08. The van der Waals surface area contributed by atoms with Crippen molar-refractivity contribution < 1.29 is 9.18 Å². The fraction of sp³-hybridized carbons (Fsp3) is 0.417. The van der Waals surface area contributed by atoms with Crippen LogP contribution in [-0.2, 0) is 11.2 Å². The fourth-order valence-corrected chi connectivity index (χ4v) is 1.75. The van der Waals surface area contributed by atoms with Gasteiger partial charge in [-0.15, -0.1) is 0 Å². The standard InChI is InChI=1S/C12H13FO/c1-8-5-11(8)12(14)7-9-3-2-4-10(13)6-9/h2-4,6,8,11H,5,7H2,1H3. The van der Waals surface area contributed by atoms with Gasteiger partial charge in [-0.25, -0.2) is 4.39 Å². The Balaban J connectivity index is 2.00. The van der Waals surface area contributed by atoms with Gasteiger partial charge < -0.3 is 0 Å². The van der Waals surface area contributed by atoms with Gasteiger partial charge in [0.05, 0.1) is 0 Å². The second-order valence-corrected chi connectivity index (χ2v) is 4.09. The minimum absolute atomic E-state index is 0.235. The molecule has 2 rings (SSSR count). The Morgan fingerprint density at radius 1 is 1.57 bits per heavy atom. The van der Waals surface area contributed by atoms with Gasteiger partial charge in [0.15, 0.2) is 0 Å². The Hall–Kier alpha value is -1.18. The van der Waals surface area contributed by atoms with E-state index in [2.05, 4.69) is 6.92 Å². The first kappa shape index (κ1) is 9.38. The number of hydrogen-bond donors (Lipinski definition) is 0. The molecule has 1 aliphatic rings. The van der Waals surface area contributed by atoms with Crippen LogP contribution in [-0.4, -0.2) is 5.78 Å². The molecule has 0 amide bonds. The van der Waals surface area contributed by atoms with E-state index in [4.69, 9.17) is 0 Å². The molecule has 0 radical (unpaired) electrons. The number of ketones is 1. The second-order valence-electron chi connectivity index (χ2n) is 4.09. The maximum absolute atomic E-state index is 12.8. The van der Waals surface area contributed by atoms with Crippen LogP contribution in [0.2, 0.25) is 0 Å². The molecule has 0 N–H and O–H groups in total. The summed E-state index contributed by atoms with van der Waals surface area (Å²) in [5.74, 6) is 0.761. The molecule has 14 heavy (non-hydrogen) atoms. The van der Waals surface area contributed by atoms with Crippen LogP contribution in [0.3, 0.4) is 0 Å². The summed E-state index contributed by atoms with van der Waals surface area (Å²) in [6, 6.07) is 6.28. The molecule has 0 spiro atoms. The number of benzene rings is 1. The molecule has 1 aliphatic carbocycles. The van der Waals surface area contributed by atoms with E-state index in [0.29, 0.717) is 12.3 Å². The van der Waals surface area contributed by atoms with Crippen molar-refractivity contribution >= 4 is 5.78 Å². The molecule has 74 valence electrons. The fourth-order valence-electron chi connectivity index (χ4n) is 1.75. The van der Waals surface area contributed by atoms with Gasteiger partial charge >= 0.3 is 0 Å². The van der Waals surface area contributed by atoms with Crippen LogP contribution in [0.15, 0.2) is 24.3 Å². The van der Waals surface area contributed by atoms with Crippen molar-refractivity contribution in [2.24, 2.45) is 11.8 Å². The molecule has 2 atom stereocenters. The average Bonchev–Trinajstić information content (AvgIpc) is 2.82. The quantitative estimate of drug-likeness (QED) is 0.719. The molecule has 2 unspecified atom stereocenters. The Morgan fingerprint density at radius 3 is 2.86 bits per heavy atom. The van der Waals surface area contributed by atoms with Crippen molar-refractivity contribution in [2.75, 3.05) is 0 Å². The second kappa shape index (κ2) is 3.52. The SMILES string of the molecule is CC1CC1C(=O)Cc1cccc(F)c1. The summed E-state index contributed by atoms with van der Waals surface area (Å²) in [7, 11) is 0. The Bertz CT molecular complexity index is 359. The van der Waals surface area contributed by atoms with Gasteiger partial charge in [-0.3, -0.25) is 4.79 Å². The third-order valence-corrected chi connectivity index (χ3v) is 2.79. The van der Waals surface area contributed by atoms with E-state index in [9.17, 15) is 9.18 Å². The number of hydrogen-bond acceptors (Lipinski definition) is 1. The lowest BCUT2D eigenvalue weighted by Gasteiger charge is -1.99. The Labute approximate surface area is 82.9 Å². The van der Waals surface area contributed by atoms with Gasteiger partial charge in [0.1, 0.15) is 11.6 Å². The Kier molecular flexibility index (Phi) is 2.36. The van der Waals surface area contributed by atoms with E-state index in [1.54, 1.807) is 12.1 Å². The monoisotopic (exact) mass is 192 g/mol. The van der Waals surface area contributed by atoms with E-state index < -0.39 is 0 Å². The van der Waals surface area contributed by atoms with Crippen molar-refractivity contribution in [2.45, 2.75) is 19.8 Å². The summed E-state index contributed by atoms with van der Waals surface area (Å²) in [6.07, 6.45) is 1.39. The highest BCUT2D eigenvalue weighted by Crippen LogP contribution is 2.39. The normalized spacial score (nSPS) is 24.7. The first-order valence-corrected chi connectivity index (χ1v) is 4.94. The molecule has 1 aromatic carbocycles. The highest BCUT2D eigenvalue weighted by molar-refractivity contribution is 5.85. The van der Waals surface area contributed by atoms with Crippen LogP contribution >= 0.6 is 0 Å². The van der Waals surface area contributed by atoms with Gasteiger partial charge in [0, 0.05) is 12.3 Å². The number of carbonyl (C=O) groups is 1. The van der Waals surface area contributed by atoms with Gasteiger partial charge in [-0.05, 0) is 30.0 Å². The molecule has 0 heterocycles. The predicted octanol–water partition coefficient (Wildman–Crippen LogP) is 2.59.